The van der Waals surface area contributed by atoms with Gasteiger partial charge in [0.2, 0.25) is 5.89 Å². The van der Waals surface area contributed by atoms with Gasteiger partial charge < -0.3 is 4.42 Å². The summed E-state index contributed by atoms with van der Waals surface area (Å²) >= 11 is 0. The van der Waals surface area contributed by atoms with Gasteiger partial charge in [-0.15, -0.1) is 0 Å². The Bertz CT molecular complexity index is 677. The van der Waals surface area contributed by atoms with Gasteiger partial charge in [-0.3, -0.25) is 4.90 Å². The first-order valence-corrected chi connectivity index (χ1v) is 7.04. The highest BCUT2D eigenvalue weighted by atomic mass is 16.4. The van der Waals surface area contributed by atoms with Gasteiger partial charge in [-0.05, 0) is 12.6 Å². The van der Waals surface area contributed by atoms with Crippen molar-refractivity contribution in [2.45, 2.75) is 13.1 Å². The molecule has 3 heteroatoms. The molecule has 0 bridgehead atoms. The molecule has 0 aliphatic heterocycles. The fourth-order valence-corrected chi connectivity index (χ4v) is 2.30. The Morgan fingerprint density at radius 3 is 2.29 bits per heavy atom. The molecule has 1 heterocycles. The molecule has 0 aliphatic rings. The first kappa shape index (κ1) is 13.6. The third kappa shape index (κ3) is 3.58. The van der Waals surface area contributed by atoms with Crippen LogP contribution in [-0.4, -0.2) is 16.9 Å². The Hall–Kier alpha value is -2.39. The van der Waals surface area contributed by atoms with E-state index >= 15 is 0 Å². The van der Waals surface area contributed by atoms with E-state index in [1.807, 2.05) is 36.4 Å². The smallest absolute Gasteiger partial charge is 0.209 e. The molecule has 0 atom stereocenters. The summed E-state index contributed by atoms with van der Waals surface area (Å²) in [5.41, 5.74) is 2.34. The molecule has 106 valence electrons. The normalized spacial score (nSPS) is 11.0. The Labute approximate surface area is 124 Å². The van der Waals surface area contributed by atoms with Gasteiger partial charge in [-0.2, -0.15) is 0 Å². The van der Waals surface area contributed by atoms with E-state index in [4.69, 9.17) is 4.42 Å². The topological polar surface area (TPSA) is 29.3 Å². The highest BCUT2D eigenvalue weighted by molar-refractivity contribution is 5.55. The number of aromatic nitrogens is 1. The predicted octanol–water partition coefficient (Wildman–Crippen LogP) is 3.97. The maximum Gasteiger partial charge on any atom is 0.209 e. The van der Waals surface area contributed by atoms with Crippen LogP contribution in [0, 0.1) is 0 Å². The van der Waals surface area contributed by atoms with Gasteiger partial charge in [0.05, 0.1) is 12.7 Å². The van der Waals surface area contributed by atoms with E-state index in [9.17, 15) is 0 Å². The summed E-state index contributed by atoms with van der Waals surface area (Å²) in [6.07, 6.45) is 1.79. The Balaban J connectivity index is 1.65. The average molecular weight is 278 g/mol. The Morgan fingerprint density at radius 2 is 1.57 bits per heavy atom. The van der Waals surface area contributed by atoms with Crippen molar-refractivity contribution in [3.05, 3.63) is 78.3 Å². The molecule has 0 amide bonds. The van der Waals surface area contributed by atoms with E-state index in [-0.39, 0.29) is 0 Å². The molecule has 0 N–H and O–H groups in total. The number of nitrogens with zero attached hydrogens (tertiary/aromatic N) is 2. The molecule has 0 unspecified atom stereocenters. The summed E-state index contributed by atoms with van der Waals surface area (Å²) < 4.78 is 5.83. The standard InChI is InChI=1S/C18H18N2O/c1-20(13-15-8-4-2-5-9-15)14-18-19-12-17(21-18)16-10-6-3-7-11-16/h2-12H,13-14H2,1H3. The van der Waals surface area contributed by atoms with Crippen molar-refractivity contribution >= 4 is 0 Å². The molecule has 0 aliphatic carbocycles. The van der Waals surface area contributed by atoms with Gasteiger partial charge in [-0.25, -0.2) is 4.98 Å². The molecule has 0 spiro atoms. The molecule has 0 radical (unpaired) electrons. The van der Waals surface area contributed by atoms with Crippen molar-refractivity contribution in [3.63, 3.8) is 0 Å². The highest BCUT2D eigenvalue weighted by Gasteiger charge is 2.08. The lowest BCUT2D eigenvalue weighted by Gasteiger charge is -2.14. The SMILES string of the molecule is CN(Cc1ccccc1)Cc1ncc(-c2ccccc2)o1. The van der Waals surface area contributed by atoms with Crippen LogP contribution in [0.1, 0.15) is 11.5 Å². The number of oxazole rings is 1. The van der Waals surface area contributed by atoms with E-state index in [1.54, 1.807) is 6.20 Å². The summed E-state index contributed by atoms with van der Waals surface area (Å²) in [5.74, 6) is 1.56. The first-order chi connectivity index (χ1) is 10.3. The van der Waals surface area contributed by atoms with E-state index in [0.29, 0.717) is 6.54 Å². The van der Waals surface area contributed by atoms with Crippen LogP contribution in [0.3, 0.4) is 0 Å². The average Bonchev–Trinajstić information content (AvgIpc) is 2.97. The molecule has 0 fully saturated rings. The van der Waals surface area contributed by atoms with Crippen LogP contribution in [-0.2, 0) is 13.1 Å². The highest BCUT2D eigenvalue weighted by Crippen LogP contribution is 2.20. The summed E-state index contributed by atoms with van der Waals surface area (Å²) in [6, 6.07) is 20.4. The molecular formula is C18H18N2O. The Morgan fingerprint density at radius 1 is 0.905 bits per heavy atom. The monoisotopic (exact) mass is 278 g/mol. The van der Waals surface area contributed by atoms with E-state index in [1.165, 1.54) is 5.56 Å². The van der Waals surface area contributed by atoms with E-state index in [2.05, 4.69) is 41.2 Å². The lowest BCUT2D eigenvalue weighted by molar-refractivity contribution is 0.283. The van der Waals surface area contributed by atoms with Crippen LogP contribution in [0.2, 0.25) is 0 Å². The van der Waals surface area contributed by atoms with Gasteiger partial charge in [0, 0.05) is 12.1 Å². The fraction of sp³-hybridized carbons (Fsp3) is 0.167. The summed E-state index contributed by atoms with van der Waals surface area (Å²) in [7, 11) is 2.07. The first-order valence-electron chi connectivity index (χ1n) is 7.04. The van der Waals surface area contributed by atoms with Crippen molar-refractivity contribution in [3.8, 4) is 11.3 Å². The lowest BCUT2D eigenvalue weighted by Crippen LogP contribution is -2.17. The second kappa shape index (κ2) is 6.37. The molecule has 21 heavy (non-hydrogen) atoms. The molecule has 0 saturated heterocycles. The number of hydrogen-bond acceptors (Lipinski definition) is 3. The quantitative estimate of drug-likeness (QED) is 0.707. The van der Waals surface area contributed by atoms with Crippen LogP contribution >= 0.6 is 0 Å². The third-order valence-corrected chi connectivity index (χ3v) is 3.31. The molecule has 3 rings (SSSR count). The van der Waals surface area contributed by atoms with Gasteiger partial charge in [0.25, 0.3) is 0 Å². The van der Waals surface area contributed by atoms with Crippen LogP contribution in [0.4, 0.5) is 0 Å². The van der Waals surface area contributed by atoms with Crippen molar-refractivity contribution in [2.75, 3.05) is 7.05 Å². The minimum Gasteiger partial charge on any atom is -0.439 e. The van der Waals surface area contributed by atoms with Crippen LogP contribution in [0.5, 0.6) is 0 Å². The minimum absolute atomic E-state index is 0.696. The zero-order valence-corrected chi connectivity index (χ0v) is 12.1. The predicted molar refractivity (Wildman–Crippen MR) is 83.6 cm³/mol. The van der Waals surface area contributed by atoms with Gasteiger partial charge in [-0.1, -0.05) is 60.7 Å². The zero-order valence-electron chi connectivity index (χ0n) is 12.1. The van der Waals surface area contributed by atoms with E-state index in [0.717, 1.165) is 23.8 Å². The maximum absolute atomic E-state index is 5.83. The zero-order chi connectivity index (χ0) is 14.5. The molecular weight excluding hydrogens is 260 g/mol. The van der Waals surface area contributed by atoms with Crippen molar-refractivity contribution in [1.29, 1.82) is 0 Å². The number of rotatable bonds is 5. The summed E-state index contributed by atoms with van der Waals surface area (Å²) in [6.45, 7) is 1.58. The fourth-order valence-electron chi connectivity index (χ4n) is 2.30. The van der Waals surface area contributed by atoms with Crippen molar-refractivity contribution in [1.82, 2.24) is 9.88 Å². The van der Waals surface area contributed by atoms with Crippen molar-refractivity contribution in [2.24, 2.45) is 0 Å². The van der Waals surface area contributed by atoms with Crippen LogP contribution in [0.15, 0.2) is 71.3 Å². The molecule has 1 aromatic heterocycles. The molecule has 0 saturated carbocycles. The number of benzene rings is 2. The summed E-state index contributed by atoms with van der Waals surface area (Å²) in [4.78, 5) is 6.56. The maximum atomic E-state index is 5.83. The number of hydrogen-bond donors (Lipinski definition) is 0. The largest absolute Gasteiger partial charge is 0.439 e. The minimum atomic E-state index is 0.696. The Kier molecular flexibility index (Phi) is 4.12. The summed E-state index contributed by atoms with van der Waals surface area (Å²) in [5, 5.41) is 0. The van der Waals surface area contributed by atoms with Gasteiger partial charge in [0.15, 0.2) is 5.76 Å². The van der Waals surface area contributed by atoms with Gasteiger partial charge in [0.1, 0.15) is 0 Å². The molecule has 2 aromatic carbocycles. The van der Waals surface area contributed by atoms with Gasteiger partial charge >= 0.3 is 0 Å². The molecule has 3 aromatic rings. The van der Waals surface area contributed by atoms with Crippen molar-refractivity contribution < 1.29 is 4.42 Å². The molecule has 3 nitrogen and oxygen atoms in total. The van der Waals surface area contributed by atoms with Crippen LogP contribution < -0.4 is 0 Å². The van der Waals surface area contributed by atoms with E-state index < -0.39 is 0 Å². The third-order valence-electron chi connectivity index (χ3n) is 3.31. The second-order valence-electron chi connectivity index (χ2n) is 5.14. The van der Waals surface area contributed by atoms with Crippen LogP contribution in [0.25, 0.3) is 11.3 Å². The second-order valence-corrected chi connectivity index (χ2v) is 5.14. The lowest BCUT2D eigenvalue weighted by atomic mass is 10.2.